The fourth-order valence-electron chi connectivity index (χ4n) is 1.88. The van der Waals surface area contributed by atoms with Crippen LogP contribution in [0.3, 0.4) is 0 Å². The number of benzene rings is 1. The van der Waals surface area contributed by atoms with Crippen molar-refractivity contribution in [1.29, 1.82) is 0 Å². The largest absolute Gasteiger partial charge is 0.483 e. The highest BCUT2D eigenvalue weighted by atomic mass is 79.9. The zero-order chi connectivity index (χ0) is 15.4. The molecule has 1 heterocycles. The molecule has 0 bridgehead atoms. The van der Waals surface area contributed by atoms with Gasteiger partial charge in [-0.05, 0) is 55.5 Å². The first-order chi connectivity index (χ1) is 10.0. The van der Waals surface area contributed by atoms with Crippen LogP contribution in [-0.2, 0) is 19.8 Å². The highest BCUT2D eigenvalue weighted by molar-refractivity contribution is 9.11. The molecule has 0 spiro atoms. The van der Waals surface area contributed by atoms with Crippen LogP contribution in [0.15, 0.2) is 27.4 Å². The van der Waals surface area contributed by atoms with E-state index >= 15 is 0 Å². The van der Waals surface area contributed by atoms with Gasteiger partial charge in [-0.2, -0.15) is 5.10 Å². The third-order valence-electron chi connectivity index (χ3n) is 2.82. The van der Waals surface area contributed by atoms with Crippen molar-refractivity contribution < 1.29 is 9.84 Å². The van der Waals surface area contributed by atoms with Crippen LogP contribution >= 0.6 is 31.9 Å². The van der Waals surface area contributed by atoms with E-state index in [9.17, 15) is 5.11 Å². The molecule has 1 aromatic carbocycles. The maximum Gasteiger partial charge on any atom is 0.164 e. The molecule has 2 aromatic rings. The Bertz CT molecular complexity index is 591. The van der Waals surface area contributed by atoms with Gasteiger partial charge in [-0.3, -0.25) is 0 Å². The summed E-state index contributed by atoms with van der Waals surface area (Å²) in [6.45, 7) is 5.40. The first-order valence-corrected chi connectivity index (χ1v) is 8.18. The average molecular weight is 419 g/mol. The van der Waals surface area contributed by atoms with Crippen LogP contribution in [0.1, 0.15) is 25.2 Å². The molecule has 0 amide bonds. The Hall–Kier alpha value is -0.920. The van der Waals surface area contributed by atoms with Crippen LogP contribution in [0.5, 0.6) is 5.75 Å². The van der Waals surface area contributed by atoms with Crippen molar-refractivity contribution in [3.05, 3.63) is 38.8 Å². The molecule has 0 saturated heterocycles. The van der Waals surface area contributed by atoms with E-state index in [1.54, 1.807) is 6.33 Å². The highest BCUT2D eigenvalue weighted by Gasteiger charge is 2.12. The van der Waals surface area contributed by atoms with Gasteiger partial charge in [0.25, 0.3) is 0 Å². The van der Waals surface area contributed by atoms with Gasteiger partial charge in [-0.25, -0.2) is 9.67 Å². The lowest BCUT2D eigenvalue weighted by Gasteiger charge is -2.13. The Balaban J connectivity index is 2.12. The zero-order valence-corrected chi connectivity index (χ0v) is 15.1. The normalized spacial score (nSPS) is 11.1. The number of halogens is 2. The van der Waals surface area contributed by atoms with Gasteiger partial charge >= 0.3 is 0 Å². The van der Waals surface area contributed by atoms with Crippen LogP contribution < -0.4 is 4.74 Å². The maximum absolute atomic E-state index is 9.17. The van der Waals surface area contributed by atoms with Gasteiger partial charge in [0.1, 0.15) is 18.7 Å². The molecular weight excluding hydrogens is 402 g/mol. The number of hydrogen-bond donors (Lipinski definition) is 1. The zero-order valence-electron chi connectivity index (χ0n) is 11.9. The fourth-order valence-corrected chi connectivity index (χ4v) is 3.39. The molecule has 1 N–H and O–H groups in total. The second-order valence-electron chi connectivity index (χ2n) is 5.09. The molecule has 7 heteroatoms. The lowest BCUT2D eigenvalue weighted by atomic mass is 10.2. The predicted octanol–water partition coefficient (Wildman–Crippen LogP) is 3.53. The summed E-state index contributed by atoms with van der Waals surface area (Å²) in [4.78, 5) is 4.23. The molecule has 0 radical (unpaired) electrons. The number of nitrogens with zero attached hydrogens (tertiary/aromatic N) is 3. The third kappa shape index (κ3) is 4.28. The van der Waals surface area contributed by atoms with Crippen molar-refractivity contribution in [2.75, 3.05) is 0 Å². The number of aliphatic hydroxyl groups excluding tert-OH is 1. The van der Waals surface area contributed by atoms with Gasteiger partial charge < -0.3 is 9.84 Å². The summed E-state index contributed by atoms with van der Waals surface area (Å²) in [6, 6.07) is 3.66. The Morgan fingerprint density at radius 3 is 2.52 bits per heavy atom. The lowest BCUT2D eigenvalue weighted by Crippen LogP contribution is -2.12. The summed E-state index contributed by atoms with van der Waals surface area (Å²) >= 11 is 6.91. The average Bonchev–Trinajstić information content (AvgIpc) is 2.84. The molecule has 21 heavy (non-hydrogen) atoms. The van der Waals surface area contributed by atoms with Crippen LogP contribution in [0, 0.1) is 5.92 Å². The number of hydrogen-bond acceptors (Lipinski definition) is 4. The van der Waals surface area contributed by atoms with Gasteiger partial charge in [0, 0.05) is 6.54 Å². The monoisotopic (exact) mass is 417 g/mol. The fraction of sp³-hybridized carbons (Fsp3) is 0.429. The quantitative estimate of drug-likeness (QED) is 0.779. The van der Waals surface area contributed by atoms with Gasteiger partial charge in [0.05, 0.1) is 15.6 Å². The number of ether oxygens (including phenoxy) is 1. The Morgan fingerprint density at radius 1 is 1.29 bits per heavy atom. The van der Waals surface area contributed by atoms with E-state index < -0.39 is 0 Å². The number of rotatable bonds is 6. The summed E-state index contributed by atoms with van der Waals surface area (Å²) in [5.74, 6) is 1.97. The van der Waals surface area contributed by atoms with E-state index in [2.05, 4.69) is 55.8 Å². The first-order valence-electron chi connectivity index (χ1n) is 6.59. The lowest BCUT2D eigenvalue weighted by molar-refractivity contribution is 0.274. The van der Waals surface area contributed by atoms with Crippen molar-refractivity contribution in [2.24, 2.45) is 5.92 Å². The SMILES string of the molecule is CC(C)Cn1ncnc1COc1c(Br)cc(CO)cc1Br. The van der Waals surface area contributed by atoms with E-state index in [4.69, 9.17) is 4.74 Å². The molecule has 5 nitrogen and oxygen atoms in total. The molecule has 0 atom stereocenters. The molecule has 0 unspecified atom stereocenters. The second-order valence-corrected chi connectivity index (χ2v) is 6.80. The molecule has 1 aromatic heterocycles. The topological polar surface area (TPSA) is 60.2 Å². The second kappa shape index (κ2) is 7.38. The summed E-state index contributed by atoms with van der Waals surface area (Å²) in [5, 5.41) is 13.4. The first kappa shape index (κ1) is 16.5. The van der Waals surface area contributed by atoms with E-state index in [0.29, 0.717) is 18.3 Å². The predicted molar refractivity (Wildman–Crippen MR) is 87.0 cm³/mol. The van der Waals surface area contributed by atoms with Gasteiger partial charge in [-0.15, -0.1) is 0 Å². The smallest absolute Gasteiger partial charge is 0.164 e. The molecule has 0 aliphatic carbocycles. The molecule has 114 valence electrons. The van der Waals surface area contributed by atoms with Crippen molar-refractivity contribution in [1.82, 2.24) is 14.8 Å². The molecular formula is C14H17Br2N3O2. The molecule has 2 rings (SSSR count). The van der Waals surface area contributed by atoms with E-state index in [-0.39, 0.29) is 6.61 Å². The van der Waals surface area contributed by atoms with Crippen molar-refractivity contribution in [3.63, 3.8) is 0 Å². The summed E-state index contributed by atoms with van der Waals surface area (Å²) in [7, 11) is 0. The Labute approximate surface area is 140 Å². The Kier molecular flexibility index (Phi) is 5.78. The van der Waals surface area contributed by atoms with Crippen LogP contribution in [0.25, 0.3) is 0 Å². The summed E-state index contributed by atoms with van der Waals surface area (Å²) < 4.78 is 9.27. The molecule has 0 saturated carbocycles. The highest BCUT2D eigenvalue weighted by Crippen LogP contribution is 2.35. The van der Waals surface area contributed by atoms with Crippen molar-refractivity contribution in [2.45, 2.75) is 33.6 Å². The van der Waals surface area contributed by atoms with Gasteiger partial charge in [0.15, 0.2) is 5.82 Å². The Morgan fingerprint density at radius 2 is 1.95 bits per heavy atom. The van der Waals surface area contributed by atoms with E-state index in [0.717, 1.165) is 26.9 Å². The summed E-state index contributed by atoms with van der Waals surface area (Å²) in [6.07, 6.45) is 1.54. The number of aliphatic hydroxyl groups is 1. The molecule has 0 aliphatic rings. The van der Waals surface area contributed by atoms with Crippen LogP contribution in [0.4, 0.5) is 0 Å². The third-order valence-corrected chi connectivity index (χ3v) is 4.00. The van der Waals surface area contributed by atoms with Crippen LogP contribution in [0.2, 0.25) is 0 Å². The van der Waals surface area contributed by atoms with Gasteiger partial charge in [0.2, 0.25) is 0 Å². The van der Waals surface area contributed by atoms with Gasteiger partial charge in [-0.1, -0.05) is 13.8 Å². The standard InChI is InChI=1S/C14H17Br2N3O2/c1-9(2)5-19-13(17-8-18-19)7-21-14-11(15)3-10(6-20)4-12(14)16/h3-4,8-9,20H,5-7H2,1-2H3. The molecule has 0 aliphatic heterocycles. The molecule has 0 fully saturated rings. The maximum atomic E-state index is 9.17. The van der Waals surface area contributed by atoms with Crippen molar-refractivity contribution >= 4 is 31.9 Å². The van der Waals surface area contributed by atoms with E-state index in [1.807, 2.05) is 16.8 Å². The van der Waals surface area contributed by atoms with E-state index in [1.165, 1.54) is 0 Å². The van der Waals surface area contributed by atoms with Crippen molar-refractivity contribution in [3.8, 4) is 5.75 Å². The minimum absolute atomic E-state index is 0.0137. The minimum atomic E-state index is -0.0137. The van der Waals surface area contributed by atoms with Crippen LogP contribution in [-0.4, -0.2) is 19.9 Å². The minimum Gasteiger partial charge on any atom is -0.483 e. The summed E-state index contributed by atoms with van der Waals surface area (Å²) in [5.41, 5.74) is 0.809. The number of aromatic nitrogens is 3.